The number of nitrogens with zero attached hydrogens (tertiary/aromatic N) is 3. The maximum atomic E-state index is 11.8. The molecule has 1 aromatic carbocycles. The number of para-hydroxylation sites is 2. The van der Waals surface area contributed by atoms with Crippen LogP contribution in [0.15, 0.2) is 30.5 Å². The summed E-state index contributed by atoms with van der Waals surface area (Å²) in [6.07, 6.45) is 1.78. The van der Waals surface area contributed by atoms with Crippen molar-refractivity contribution in [2.24, 2.45) is 0 Å². The Bertz CT molecular complexity index is 754. The number of rotatable bonds is 7. The molecule has 1 fully saturated rings. The number of hydrogen-bond acceptors (Lipinski definition) is 7. The van der Waals surface area contributed by atoms with Crippen LogP contribution in [0.2, 0.25) is 0 Å². The van der Waals surface area contributed by atoms with Gasteiger partial charge in [0, 0.05) is 26.2 Å². The molecular weight excluding hydrogens is 362 g/mol. The molecule has 1 saturated heterocycles. The number of thiazole rings is 1. The molecule has 0 radical (unpaired) electrons. The molecule has 7 heteroatoms. The van der Waals surface area contributed by atoms with Crippen LogP contribution >= 0.6 is 11.3 Å². The van der Waals surface area contributed by atoms with Crippen molar-refractivity contribution in [2.45, 2.75) is 33.4 Å². The lowest BCUT2D eigenvalue weighted by molar-refractivity contribution is 0.0532. The van der Waals surface area contributed by atoms with Gasteiger partial charge in [-0.2, -0.15) is 0 Å². The normalized spacial score (nSPS) is 15.2. The monoisotopic (exact) mass is 389 g/mol. The molecule has 0 saturated carbocycles. The summed E-state index contributed by atoms with van der Waals surface area (Å²) < 4.78 is 11.0. The van der Waals surface area contributed by atoms with Crippen molar-refractivity contribution < 1.29 is 14.3 Å². The van der Waals surface area contributed by atoms with Crippen molar-refractivity contribution in [2.75, 3.05) is 37.7 Å². The maximum absolute atomic E-state index is 11.8. The highest BCUT2D eigenvalue weighted by Crippen LogP contribution is 2.30. The molecular formula is C20H27N3O3S. The molecule has 0 spiro atoms. The van der Waals surface area contributed by atoms with Gasteiger partial charge in [0.2, 0.25) is 0 Å². The first-order valence-corrected chi connectivity index (χ1v) is 10.2. The number of aromatic nitrogens is 1. The van der Waals surface area contributed by atoms with Crippen LogP contribution in [0.5, 0.6) is 5.75 Å². The average Bonchev–Trinajstić information content (AvgIpc) is 3.11. The van der Waals surface area contributed by atoms with E-state index < -0.39 is 0 Å². The van der Waals surface area contributed by atoms with E-state index in [1.165, 1.54) is 11.3 Å². The summed E-state index contributed by atoms with van der Waals surface area (Å²) in [6.45, 7) is 10.8. The summed E-state index contributed by atoms with van der Waals surface area (Å²) in [5, 5.41) is 0.954. The first-order chi connectivity index (χ1) is 13.1. The molecule has 0 aliphatic carbocycles. The van der Waals surface area contributed by atoms with Gasteiger partial charge in [0.25, 0.3) is 0 Å². The summed E-state index contributed by atoms with van der Waals surface area (Å²) in [7, 11) is 0. The second-order valence-corrected chi connectivity index (χ2v) is 7.85. The highest BCUT2D eigenvalue weighted by atomic mass is 32.1. The van der Waals surface area contributed by atoms with Crippen molar-refractivity contribution in [1.29, 1.82) is 0 Å². The van der Waals surface area contributed by atoms with Gasteiger partial charge in [-0.05, 0) is 32.9 Å². The molecule has 0 unspecified atom stereocenters. The summed E-state index contributed by atoms with van der Waals surface area (Å²) >= 11 is 1.42. The second-order valence-electron chi connectivity index (χ2n) is 6.74. The summed E-state index contributed by atoms with van der Waals surface area (Å²) in [5.41, 5.74) is 1.16. The van der Waals surface area contributed by atoms with Crippen LogP contribution in [0.25, 0.3) is 0 Å². The SMILES string of the molecule is CCOC(=O)c1cnc(CN2CCN(c3ccccc3OC(C)C)CC2)s1. The Morgan fingerprint density at radius 1 is 1.22 bits per heavy atom. The topological polar surface area (TPSA) is 54.9 Å². The summed E-state index contributed by atoms with van der Waals surface area (Å²) in [5.74, 6) is 0.660. The first kappa shape index (κ1) is 19.6. The lowest BCUT2D eigenvalue weighted by Gasteiger charge is -2.36. The number of anilines is 1. The first-order valence-electron chi connectivity index (χ1n) is 9.41. The summed E-state index contributed by atoms with van der Waals surface area (Å²) in [4.78, 5) is 21.5. The van der Waals surface area contributed by atoms with Gasteiger partial charge in [0.05, 0.1) is 31.1 Å². The van der Waals surface area contributed by atoms with Gasteiger partial charge in [-0.15, -0.1) is 11.3 Å². The quantitative estimate of drug-likeness (QED) is 0.676. The van der Waals surface area contributed by atoms with Gasteiger partial charge < -0.3 is 14.4 Å². The fourth-order valence-electron chi connectivity index (χ4n) is 3.09. The zero-order chi connectivity index (χ0) is 19.2. The third-order valence-corrected chi connectivity index (χ3v) is 5.29. The van der Waals surface area contributed by atoms with Crippen molar-refractivity contribution >= 4 is 23.0 Å². The predicted octanol–water partition coefficient (Wildman–Crippen LogP) is 3.43. The Morgan fingerprint density at radius 2 is 1.96 bits per heavy atom. The lowest BCUT2D eigenvalue weighted by atomic mass is 10.2. The fraction of sp³-hybridized carbons (Fsp3) is 0.500. The third kappa shape index (κ3) is 5.20. The molecule has 0 atom stereocenters. The Kier molecular flexibility index (Phi) is 6.68. The van der Waals surface area contributed by atoms with E-state index in [-0.39, 0.29) is 12.1 Å². The maximum Gasteiger partial charge on any atom is 0.349 e. The van der Waals surface area contributed by atoms with Gasteiger partial charge in [-0.1, -0.05) is 12.1 Å². The number of carbonyl (C=O) groups excluding carboxylic acids is 1. The average molecular weight is 390 g/mol. The highest BCUT2D eigenvalue weighted by molar-refractivity contribution is 7.13. The second kappa shape index (κ2) is 9.19. The molecule has 2 aromatic rings. The Morgan fingerprint density at radius 3 is 2.67 bits per heavy atom. The molecule has 1 aromatic heterocycles. The lowest BCUT2D eigenvalue weighted by Crippen LogP contribution is -2.46. The molecule has 0 N–H and O–H groups in total. The van der Waals surface area contributed by atoms with Crippen molar-refractivity contribution in [3.63, 3.8) is 0 Å². The van der Waals surface area contributed by atoms with Crippen LogP contribution in [0.4, 0.5) is 5.69 Å². The molecule has 1 aliphatic heterocycles. The van der Waals surface area contributed by atoms with E-state index in [0.29, 0.717) is 11.5 Å². The van der Waals surface area contributed by atoms with E-state index in [4.69, 9.17) is 9.47 Å². The van der Waals surface area contributed by atoms with Crippen LogP contribution in [-0.2, 0) is 11.3 Å². The number of esters is 1. The van der Waals surface area contributed by atoms with Crippen LogP contribution < -0.4 is 9.64 Å². The third-order valence-electron chi connectivity index (χ3n) is 4.33. The molecule has 0 amide bonds. The number of benzene rings is 1. The molecule has 27 heavy (non-hydrogen) atoms. The highest BCUT2D eigenvalue weighted by Gasteiger charge is 2.21. The number of piperazine rings is 1. The van der Waals surface area contributed by atoms with E-state index >= 15 is 0 Å². The molecule has 1 aliphatic rings. The minimum absolute atomic E-state index is 0.158. The zero-order valence-electron chi connectivity index (χ0n) is 16.2. The Balaban J connectivity index is 1.56. The number of ether oxygens (including phenoxy) is 2. The largest absolute Gasteiger partial charge is 0.489 e. The van der Waals surface area contributed by atoms with Crippen LogP contribution in [0.1, 0.15) is 35.5 Å². The van der Waals surface area contributed by atoms with Crippen molar-refractivity contribution in [1.82, 2.24) is 9.88 Å². The standard InChI is InChI=1S/C20H27N3O3S/c1-4-25-20(24)18-13-21-19(27-18)14-22-9-11-23(12-10-22)16-7-5-6-8-17(16)26-15(2)3/h5-8,13,15H,4,9-12,14H2,1-3H3. The van der Waals surface area contributed by atoms with Crippen LogP contribution in [0.3, 0.4) is 0 Å². The predicted molar refractivity (Wildman–Crippen MR) is 108 cm³/mol. The summed E-state index contributed by atoms with van der Waals surface area (Å²) in [6, 6.07) is 8.23. The van der Waals surface area contributed by atoms with Gasteiger partial charge >= 0.3 is 5.97 Å². The van der Waals surface area contributed by atoms with Gasteiger partial charge in [-0.3, -0.25) is 4.90 Å². The zero-order valence-corrected chi connectivity index (χ0v) is 17.0. The minimum atomic E-state index is -0.284. The molecule has 6 nitrogen and oxygen atoms in total. The minimum Gasteiger partial charge on any atom is -0.489 e. The Labute approximate surface area is 164 Å². The van der Waals surface area contributed by atoms with E-state index in [1.807, 2.05) is 32.9 Å². The molecule has 0 bridgehead atoms. The van der Waals surface area contributed by atoms with E-state index in [0.717, 1.165) is 49.2 Å². The molecule has 2 heterocycles. The smallest absolute Gasteiger partial charge is 0.349 e. The van der Waals surface area contributed by atoms with Gasteiger partial charge in [-0.25, -0.2) is 9.78 Å². The number of hydrogen-bond donors (Lipinski definition) is 0. The van der Waals surface area contributed by atoms with Crippen molar-refractivity contribution in [3.05, 3.63) is 40.3 Å². The van der Waals surface area contributed by atoms with Crippen molar-refractivity contribution in [3.8, 4) is 5.75 Å². The van der Waals surface area contributed by atoms with Gasteiger partial charge in [0.15, 0.2) is 0 Å². The molecule has 3 rings (SSSR count). The molecule has 146 valence electrons. The fourth-order valence-corrected chi connectivity index (χ4v) is 3.94. The van der Waals surface area contributed by atoms with Gasteiger partial charge in [0.1, 0.15) is 15.6 Å². The van der Waals surface area contributed by atoms with Crippen LogP contribution in [0, 0.1) is 0 Å². The number of carbonyl (C=O) groups is 1. The van der Waals surface area contributed by atoms with Crippen LogP contribution in [-0.4, -0.2) is 54.7 Å². The van der Waals surface area contributed by atoms with E-state index in [1.54, 1.807) is 6.20 Å². The Hall–Kier alpha value is -2.12. The van der Waals surface area contributed by atoms with E-state index in [9.17, 15) is 4.79 Å². The van der Waals surface area contributed by atoms with E-state index in [2.05, 4.69) is 26.9 Å².